The first-order valence-electron chi connectivity index (χ1n) is 12.7. The number of aromatic nitrogens is 3. The van der Waals surface area contributed by atoms with Crippen LogP contribution in [0.15, 0.2) is 78.0 Å². The number of hydrogen-bond acceptors (Lipinski definition) is 9. The van der Waals surface area contributed by atoms with Gasteiger partial charge in [0.15, 0.2) is 0 Å². The van der Waals surface area contributed by atoms with Crippen LogP contribution in [0.5, 0.6) is 11.6 Å². The minimum Gasteiger partial charge on any atom is -0.438 e. The number of rotatable bonds is 8. The summed E-state index contributed by atoms with van der Waals surface area (Å²) in [6, 6.07) is 16.2. The molecule has 10 nitrogen and oxygen atoms in total. The molecule has 1 saturated heterocycles. The summed E-state index contributed by atoms with van der Waals surface area (Å²) in [5.74, 6) is 0.296. The number of hydrogen-bond donors (Lipinski definition) is 3. The topological polar surface area (TPSA) is 135 Å². The first kappa shape index (κ1) is 30.2. The molecule has 0 radical (unpaired) electrons. The Morgan fingerprint density at radius 3 is 2.68 bits per heavy atom. The van der Waals surface area contributed by atoms with Crippen LogP contribution < -0.4 is 20.1 Å². The molecule has 0 spiro atoms. The van der Waals surface area contributed by atoms with Crippen LogP contribution >= 0.6 is 24.0 Å². The van der Waals surface area contributed by atoms with Gasteiger partial charge in [-0.25, -0.2) is 28.1 Å². The van der Waals surface area contributed by atoms with Gasteiger partial charge in [-0.05, 0) is 74.3 Å². The number of anilines is 1. The van der Waals surface area contributed by atoms with Gasteiger partial charge < -0.3 is 15.4 Å². The van der Waals surface area contributed by atoms with E-state index in [9.17, 15) is 13.2 Å². The third kappa shape index (κ3) is 7.31. The Labute approximate surface area is 249 Å². The van der Waals surface area contributed by atoms with Gasteiger partial charge in [-0.2, -0.15) is 0 Å². The fourth-order valence-corrected chi connectivity index (χ4v) is 5.75. The Bertz CT molecular complexity index is 1650. The maximum absolute atomic E-state index is 12.9. The van der Waals surface area contributed by atoms with Crippen LogP contribution in [0.1, 0.15) is 28.8 Å². The lowest BCUT2D eigenvalue weighted by Gasteiger charge is -2.23. The maximum Gasteiger partial charge on any atom is 0.265 e. The van der Waals surface area contributed by atoms with E-state index < -0.39 is 15.9 Å². The van der Waals surface area contributed by atoms with Crippen LogP contribution in [-0.4, -0.2) is 48.4 Å². The lowest BCUT2D eigenvalue weighted by atomic mass is 10.1. The summed E-state index contributed by atoms with van der Waals surface area (Å²) in [6.45, 7) is 3.66. The highest BCUT2D eigenvalue weighted by Crippen LogP contribution is 2.32. The molecular formula is C28H28Cl2N6O4S. The van der Waals surface area contributed by atoms with Crippen molar-refractivity contribution in [1.82, 2.24) is 25.0 Å². The standard InChI is InChI=1S/C28H27ClN6O4S.ClH/c1-18-10-11-19(26(36)35-40(37,38)25-9-3-2-8-22(25)29)16-24(18)39-27-21(7-5-14-31-27)23-12-15-32-28(34-23)33-20-6-4-13-30-17-20;/h2-3,5,7-12,14-16,20,30H,4,6,13,17H2,1H3,(H,35,36)(H,32,33,34);1H. The van der Waals surface area contributed by atoms with Crippen molar-refractivity contribution in [1.29, 1.82) is 0 Å². The van der Waals surface area contributed by atoms with Gasteiger partial charge in [0, 0.05) is 30.5 Å². The molecule has 0 aliphatic carbocycles. The lowest BCUT2D eigenvalue weighted by Crippen LogP contribution is -2.38. The molecule has 4 aromatic rings. The van der Waals surface area contributed by atoms with Crippen LogP contribution in [-0.2, 0) is 10.0 Å². The molecule has 1 aliphatic rings. The molecule has 3 heterocycles. The highest BCUT2D eigenvalue weighted by atomic mass is 35.5. The largest absolute Gasteiger partial charge is 0.438 e. The van der Waals surface area contributed by atoms with Crippen molar-refractivity contribution in [3.63, 3.8) is 0 Å². The minimum atomic E-state index is -4.19. The number of nitrogens with one attached hydrogen (secondary N) is 3. The molecule has 1 atom stereocenters. The van der Waals surface area contributed by atoms with E-state index in [-0.39, 0.29) is 39.8 Å². The van der Waals surface area contributed by atoms with Crippen molar-refractivity contribution in [3.05, 3.63) is 89.2 Å². The molecule has 0 saturated carbocycles. The number of benzene rings is 2. The van der Waals surface area contributed by atoms with Crippen molar-refractivity contribution in [2.75, 3.05) is 18.4 Å². The molecule has 5 rings (SSSR count). The van der Waals surface area contributed by atoms with E-state index in [1.807, 2.05) is 13.0 Å². The molecule has 41 heavy (non-hydrogen) atoms. The first-order valence-corrected chi connectivity index (χ1v) is 14.5. The van der Waals surface area contributed by atoms with Crippen LogP contribution in [0.4, 0.5) is 5.95 Å². The van der Waals surface area contributed by atoms with Gasteiger partial charge >= 0.3 is 0 Å². The van der Waals surface area contributed by atoms with Crippen LogP contribution in [0.25, 0.3) is 11.3 Å². The number of sulfonamides is 1. The van der Waals surface area contributed by atoms with Crippen molar-refractivity contribution in [2.24, 2.45) is 0 Å². The summed E-state index contributed by atoms with van der Waals surface area (Å²) >= 11 is 6.03. The number of pyridine rings is 1. The quantitative estimate of drug-likeness (QED) is 0.250. The molecule has 1 fully saturated rings. The smallest absolute Gasteiger partial charge is 0.265 e. The molecule has 1 aliphatic heterocycles. The van der Waals surface area contributed by atoms with E-state index in [2.05, 4.69) is 30.3 Å². The SMILES string of the molecule is Cc1ccc(C(=O)NS(=O)(=O)c2ccccc2Cl)cc1Oc1ncccc1-c1ccnc(NC2CCCNC2)n1.Cl. The van der Waals surface area contributed by atoms with Gasteiger partial charge in [0.1, 0.15) is 10.6 Å². The molecule has 214 valence electrons. The summed E-state index contributed by atoms with van der Waals surface area (Å²) < 4.78 is 33.7. The molecule has 2 aromatic heterocycles. The fourth-order valence-electron chi connectivity index (χ4n) is 4.26. The Hall–Kier alpha value is -3.77. The Morgan fingerprint density at radius 2 is 1.90 bits per heavy atom. The number of carbonyl (C=O) groups excluding carboxylic acids is 1. The summed E-state index contributed by atoms with van der Waals surface area (Å²) in [5, 5.41) is 6.75. The maximum atomic E-state index is 12.9. The van der Waals surface area contributed by atoms with Crippen molar-refractivity contribution in [2.45, 2.75) is 30.7 Å². The zero-order chi connectivity index (χ0) is 28.1. The van der Waals surface area contributed by atoms with E-state index in [1.165, 1.54) is 30.3 Å². The second kappa shape index (κ2) is 13.3. The number of ether oxygens (including phenoxy) is 1. The third-order valence-corrected chi connectivity index (χ3v) is 8.17. The highest BCUT2D eigenvalue weighted by Gasteiger charge is 2.22. The minimum absolute atomic E-state index is 0. The van der Waals surface area contributed by atoms with Gasteiger partial charge in [0.05, 0.1) is 16.3 Å². The monoisotopic (exact) mass is 614 g/mol. The molecular weight excluding hydrogens is 587 g/mol. The van der Waals surface area contributed by atoms with Crippen LogP contribution in [0.3, 0.4) is 0 Å². The molecule has 1 amide bonds. The number of piperidine rings is 1. The van der Waals surface area contributed by atoms with Gasteiger partial charge in [-0.1, -0.05) is 29.8 Å². The van der Waals surface area contributed by atoms with Crippen molar-refractivity contribution >= 4 is 45.9 Å². The van der Waals surface area contributed by atoms with Gasteiger partial charge in [-0.15, -0.1) is 12.4 Å². The second-order valence-corrected chi connectivity index (χ2v) is 11.3. The predicted octanol–water partition coefficient (Wildman–Crippen LogP) is 5.00. The molecule has 0 bridgehead atoms. The summed E-state index contributed by atoms with van der Waals surface area (Å²) in [7, 11) is -4.19. The van der Waals surface area contributed by atoms with Crippen molar-refractivity contribution < 1.29 is 17.9 Å². The number of nitrogens with zero attached hydrogens (tertiary/aromatic N) is 3. The summed E-state index contributed by atoms with van der Waals surface area (Å²) in [6.07, 6.45) is 5.38. The first-order chi connectivity index (χ1) is 19.3. The van der Waals surface area contributed by atoms with Gasteiger partial charge in [0.25, 0.3) is 15.9 Å². The zero-order valence-corrected chi connectivity index (χ0v) is 24.4. The molecule has 2 aromatic carbocycles. The highest BCUT2D eigenvalue weighted by molar-refractivity contribution is 7.90. The number of amides is 1. The Balaban J connectivity index is 0.00000387. The predicted molar refractivity (Wildman–Crippen MR) is 159 cm³/mol. The third-order valence-electron chi connectivity index (χ3n) is 6.34. The lowest BCUT2D eigenvalue weighted by molar-refractivity contribution is 0.0981. The van der Waals surface area contributed by atoms with E-state index in [0.717, 1.165) is 31.5 Å². The normalized spacial score (nSPS) is 14.9. The number of halogens is 2. The average Bonchev–Trinajstić information content (AvgIpc) is 2.95. The number of aryl methyl sites for hydroxylation is 1. The van der Waals surface area contributed by atoms with E-state index in [1.54, 1.807) is 36.7 Å². The molecule has 13 heteroatoms. The van der Waals surface area contributed by atoms with Crippen molar-refractivity contribution in [3.8, 4) is 22.9 Å². The van der Waals surface area contributed by atoms with Crippen LogP contribution in [0, 0.1) is 6.92 Å². The van der Waals surface area contributed by atoms with E-state index in [4.69, 9.17) is 16.3 Å². The van der Waals surface area contributed by atoms with E-state index >= 15 is 0 Å². The van der Waals surface area contributed by atoms with Gasteiger partial charge in [0.2, 0.25) is 11.8 Å². The summed E-state index contributed by atoms with van der Waals surface area (Å²) in [5.41, 5.74) is 2.05. The number of carbonyl (C=O) groups is 1. The van der Waals surface area contributed by atoms with Gasteiger partial charge in [-0.3, -0.25) is 4.79 Å². The molecule has 1 unspecified atom stereocenters. The summed E-state index contributed by atoms with van der Waals surface area (Å²) in [4.78, 5) is 26.2. The van der Waals surface area contributed by atoms with E-state index in [0.29, 0.717) is 23.0 Å². The average molecular weight is 616 g/mol. The van der Waals surface area contributed by atoms with Crippen LogP contribution in [0.2, 0.25) is 5.02 Å². The fraction of sp³-hybridized carbons (Fsp3) is 0.214. The molecule has 3 N–H and O–H groups in total. The zero-order valence-electron chi connectivity index (χ0n) is 22.0. The Morgan fingerprint density at radius 1 is 1.07 bits per heavy atom. The second-order valence-electron chi connectivity index (χ2n) is 9.26. The Kier molecular flexibility index (Phi) is 9.77.